The fourth-order valence-electron chi connectivity index (χ4n) is 2.63. The van der Waals surface area contributed by atoms with Gasteiger partial charge in [0.2, 0.25) is 0 Å². The van der Waals surface area contributed by atoms with Crippen LogP contribution in [-0.2, 0) is 0 Å². The Balaban J connectivity index is 2.14. The first kappa shape index (κ1) is 11.2. The number of benzene rings is 2. The first-order valence-corrected chi connectivity index (χ1v) is 6.45. The second-order valence-corrected chi connectivity index (χ2v) is 5.06. The maximum atomic E-state index is 11.5. The average molecular weight is 264 g/mol. The number of Topliss-reactive ketones (excluding diaryl/α,β-unsaturated/α-hetero) is 1. The molecule has 2 aromatic carbocycles. The Kier molecular flexibility index (Phi) is 2.07. The third kappa shape index (κ3) is 1.48. The Morgan fingerprint density at radius 3 is 2.75 bits per heavy atom. The summed E-state index contributed by atoms with van der Waals surface area (Å²) >= 11 is 0. The SMILES string of the molecule is CC(=O)c1ccc2oc3cc4nc(C)[nH]c4cc3c2c1. The minimum Gasteiger partial charge on any atom is -0.456 e. The fourth-order valence-corrected chi connectivity index (χ4v) is 2.63. The van der Waals surface area contributed by atoms with E-state index in [4.69, 9.17) is 4.42 Å². The van der Waals surface area contributed by atoms with Crippen LogP contribution in [0.2, 0.25) is 0 Å². The molecular formula is C16H12N2O2. The molecule has 2 aromatic heterocycles. The van der Waals surface area contributed by atoms with Gasteiger partial charge in [-0.3, -0.25) is 4.79 Å². The molecule has 0 fully saturated rings. The van der Waals surface area contributed by atoms with Gasteiger partial charge < -0.3 is 9.40 Å². The molecule has 0 unspecified atom stereocenters. The van der Waals surface area contributed by atoms with E-state index in [-0.39, 0.29) is 5.78 Å². The summed E-state index contributed by atoms with van der Waals surface area (Å²) in [6, 6.07) is 9.49. The molecule has 4 heteroatoms. The highest BCUT2D eigenvalue weighted by molar-refractivity contribution is 6.11. The monoisotopic (exact) mass is 264 g/mol. The van der Waals surface area contributed by atoms with Crippen LogP contribution in [0.25, 0.3) is 33.0 Å². The molecule has 0 saturated heterocycles. The van der Waals surface area contributed by atoms with E-state index in [1.807, 2.05) is 31.2 Å². The summed E-state index contributed by atoms with van der Waals surface area (Å²) in [5.41, 5.74) is 4.14. The van der Waals surface area contributed by atoms with Gasteiger partial charge in [0, 0.05) is 22.4 Å². The summed E-state index contributed by atoms with van der Waals surface area (Å²) in [6.45, 7) is 3.49. The van der Waals surface area contributed by atoms with Crippen molar-refractivity contribution in [2.75, 3.05) is 0 Å². The molecule has 0 atom stereocenters. The fraction of sp³-hybridized carbons (Fsp3) is 0.125. The van der Waals surface area contributed by atoms with Crippen molar-refractivity contribution in [3.8, 4) is 0 Å². The third-order valence-electron chi connectivity index (χ3n) is 3.60. The lowest BCUT2D eigenvalue weighted by atomic mass is 10.1. The highest BCUT2D eigenvalue weighted by Crippen LogP contribution is 2.32. The number of ketones is 1. The second-order valence-electron chi connectivity index (χ2n) is 5.06. The van der Waals surface area contributed by atoms with Gasteiger partial charge in [-0.1, -0.05) is 0 Å². The van der Waals surface area contributed by atoms with Gasteiger partial charge in [0.15, 0.2) is 5.78 Å². The van der Waals surface area contributed by atoms with E-state index < -0.39 is 0 Å². The first-order chi connectivity index (χ1) is 9.61. The lowest BCUT2D eigenvalue weighted by Gasteiger charge is -1.95. The van der Waals surface area contributed by atoms with E-state index in [0.717, 1.165) is 38.8 Å². The number of H-pyrrole nitrogens is 1. The van der Waals surface area contributed by atoms with Gasteiger partial charge in [-0.2, -0.15) is 0 Å². The van der Waals surface area contributed by atoms with Crippen LogP contribution in [0.4, 0.5) is 0 Å². The summed E-state index contributed by atoms with van der Waals surface area (Å²) in [4.78, 5) is 19.1. The largest absolute Gasteiger partial charge is 0.456 e. The van der Waals surface area contributed by atoms with Crippen molar-refractivity contribution in [1.29, 1.82) is 0 Å². The molecule has 0 radical (unpaired) electrons. The number of carbonyl (C=O) groups is 1. The zero-order valence-corrected chi connectivity index (χ0v) is 11.2. The second kappa shape index (κ2) is 3.70. The predicted octanol–water partition coefficient (Wildman–Crippen LogP) is 3.97. The molecule has 0 aliphatic carbocycles. The smallest absolute Gasteiger partial charge is 0.159 e. The number of hydrogen-bond acceptors (Lipinski definition) is 3. The van der Waals surface area contributed by atoms with E-state index >= 15 is 0 Å². The van der Waals surface area contributed by atoms with Gasteiger partial charge in [0.05, 0.1) is 11.0 Å². The zero-order valence-electron chi connectivity index (χ0n) is 11.2. The molecule has 2 heterocycles. The summed E-state index contributed by atoms with van der Waals surface area (Å²) in [7, 11) is 0. The number of aromatic nitrogens is 2. The number of imidazole rings is 1. The molecule has 0 amide bonds. The third-order valence-corrected chi connectivity index (χ3v) is 3.60. The highest BCUT2D eigenvalue weighted by Gasteiger charge is 2.11. The summed E-state index contributed by atoms with van der Waals surface area (Å²) < 4.78 is 5.84. The number of hydrogen-bond donors (Lipinski definition) is 1. The van der Waals surface area contributed by atoms with Crippen LogP contribution in [0.15, 0.2) is 34.7 Å². The van der Waals surface area contributed by atoms with Crippen molar-refractivity contribution >= 4 is 38.8 Å². The van der Waals surface area contributed by atoms with Crippen molar-refractivity contribution in [1.82, 2.24) is 9.97 Å². The molecule has 4 rings (SSSR count). The number of nitrogens with zero attached hydrogens (tertiary/aromatic N) is 1. The van der Waals surface area contributed by atoms with E-state index in [0.29, 0.717) is 5.56 Å². The quantitative estimate of drug-likeness (QED) is 0.529. The molecule has 0 spiro atoms. The number of nitrogens with one attached hydrogen (secondary N) is 1. The average Bonchev–Trinajstić information content (AvgIpc) is 2.93. The normalized spacial score (nSPS) is 11.7. The van der Waals surface area contributed by atoms with Crippen molar-refractivity contribution in [3.63, 3.8) is 0 Å². The summed E-state index contributed by atoms with van der Waals surface area (Å²) in [5.74, 6) is 0.932. The lowest BCUT2D eigenvalue weighted by molar-refractivity contribution is 0.101. The molecule has 4 aromatic rings. The Morgan fingerprint density at radius 2 is 1.95 bits per heavy atom. The number of aromatic amines is 1. The maximum absolute atomic E-state index is 11.5. The zero-order chi connectivity index (χ0) is 13.9. The van der Waals surface area contributed by atoms with Crippen LogP contribution >= 0.6 is 0 Å². The molecule has 0 aliphatic heterocycles. The Bertz CT molecular complexity index is 992. The topological polar surface area (TPSA) is 58.9 Å². The summed E-state index contributed by atoms with van der Waals surface area (Å²) in [6.07, 6.45) is 0. The van der Waals surface area contributed by atoms with Crippen LogP contribution in [0.3, 0.4) is 0 Å². The Hall–Kier alpha value is -2.62. The van der Waals surface area contributed by atoms with Gasteiger partial charge in [-0.25, -0.2) is 4.98 Å². The minimum atomic E-state index is 0.0553. The first-order valence-electron chi connectivity index (χ1n) is 6.45. The van der Waals surface area contributed by atoms with E-state index in [1.165, 1.54) is 0 Å². The van der Waals surface area contributed by atoms with Crippen molar-refractivity contribution in [2.45, 2.75) is 13.8 Å². The van der Waals surface area contributed by atoms with Gasteiger partial charge >= 0.3 is 0 Å². The Labute approximate surface area is 114 Å². The molecule has 0 bridgehead atoms. The highest BCUT2D eigenvalue weighted by atomic mass is 16.3. The van der Waals surface area contributed by atoms with E-state index in [9.17, 15) is 4.79 Å². The van der Waals surface area contributed by atoms with Gasteiger partial charge in [-0.15, -0.1) is 0 Å². The molecular weight excluding hydrogens is 252 g/mol. The van der Waals surface area contributed by atoms with Crippen molar-refractivity contribution in [2.24, 2.45) is 0 Å². The standard InChI is InChI=1S/C16H12N2O2/c1-8(19)10-3-4-15-11(5-10)12-6-13-14(7-16(12)20-15)18-9(2)17-13/h3-7H,1-2H3,(H,17,18). The summed E-state index contributed by atoms with van der Waals surface area (Å²) in [5, 5.41) is 1.96. The van der Waals surface area contributed by atoms with Crippen LogP contribution in [0.5, 0.6) is 0 Å². The van der Waals surface area contributed by atoms with Gasteiger partial charge in [0.25, 0.3) is 0 Å². The number of rotatable bonds is 1. The molecule has 0 saturated carbocycles. The number of carbonyl (C=O) groups excluding carboxylic acids is 1. The van der Waals surface area contributed by atoms with Gasteiger partial charge in [0.1, 0.15) is 17.0 Å². The molecule has 20 heavy (non-hydrogen) atoms. The van der Waals surface area contributed by atoms with E-state index in [2.05, 4.69) is 9.97 Å². The Morgan fingerprint density at radius 1 is 1.15 bits per heavy atom. The van der Waals surface area contributed by atoms with Gasteiger partial charge in [-0.05, 0) is 38.1 Å². The molecule has 98 valence electrons. The van der Waals surface area contributed by atoms with Crippen LogP contribution in [0, 0.1) is 6.92 Å². The van der Waals surface area contributed by atoms with Crippen LogP contribution < -0.4 is 0 Å². The maximum Gasteiger partial charge on any atom is 0.159 e. The number of furan rings is 1. The van der Waals surface area contributed by atoms with E-state index in [1.54, 1.807) is 13.0 Å². The number of aryl methyl sites for hydroxylation is 1. The molecule has 4 nitrogen and oxygen atoms in total. The molecule has 0 aliphatic rings. The van der Waals surface area contributed by atoms with Crippen molar-refractivity contribution < 1.29 is 9.21 Å². The van der Waals surface area contributed by atoms with Crippen LogP contribution in [-0.4, -0.2) is 15.8 Å². The minimum absolute atomic E-state index is 0.0553. The predicted molar refractivity (Wildman–Crippen MR) is 78.1 cm³/mol. The lowest BCUT2D eigenvalue weighted by Crippen LogP contribution is -1.89. The van der Waals surface area contributed by atoms with Crippen LogP contribution in [0.1, 0.15) is 23.1 Å². The van der Waals surface area contributed by atoms with Crippen molar-refractivity contribution in [3.05, 3.63) is 41.7 Å². The molecule has 1 N–H and O–H groups in total. The number of fused-ring (bicyclic) bond motifs is 4.